The van der Waals surface area contributed by atoms with Crippen molar-refractivity contribution in [2.75, 3.05) is 19.1 Å². The maximum absolute atomic E-state index is 13.9. The second-order valence-corrected chi connectivity index (χ2v) is 10.0. The highest BCUT2D eigenvalue weighted by atomic mass is 16.6. The Labute approximate surface area is 225 Å². The lowest BCUT2D eigenvalue weighted by Gasteiger charge is -2.22. The van der Waals surface area contributed by atoms with Crippen LogP contribution < -0.4 is 14.4 Å². The Kier molecular flexibility index (Phi) is 5.83. The molecule has 4 atom stereocenters. The summed E-state index contributed by atoms with van der Waals surface area (Å²) < 4.78 is 10.7. The monoisotopic (exact) mass is 522 g/mol. The third kappa shape index (κ3) is 3.74. The predicted octanol–water partition coefficient (Wildman–Crippen LogP) is 5.34. The van der Waals surface area contributed by atoms with E-state index in [9.17, 15) is 19.7 Å². The number of hydrogen-bond donors (Lipinski definition) is 0. The highest BCUT2D eigenvalue weighted by Gasteiger charge is 2.62. The molecule has 1 saturated heterocycles. The normalized spacial score (nSPS) is 22.8. The van der Waals surface area contributed by atoms with Gasteiger partial charge in [0.25, 0.3) is 5.69 Å². The number of non-ortho nitro benzene ring substituents is 1. The van der Waals surface area contributed by atoms with Gasteiger partial charge in [-0.2, -0.15) is 0 Å². The smallest absolute Gasteiger partial charge is 0.271 e. The van der Waals surface area contributed by atoms with Crippen molar-refractivity contribution in [3.05, 3.63) is 111 Å². The van der Waals surface area contributed by atoms with E-state index in [0.717, 1.165) is 33.8 Å². The van der Waals surface area contributed by atoms with Crippen molar-refractivity contribution in [3.8, 4) is 11.5 Å². The summed E-state index contributed by atoms with van der Waals surface area (Å²) in [5, 5.41) is 11.4. The molecule has 39 heavy (non-hydrogen) atoms. The highest BCUT2D eigenvalue weighted by Crippen LogP contribution is 2.59. The van der Waals surface area contributed by atoms with Crippen LogP contribution in [0.2, 0.25) is 0 Å². The van der Waals surface area contributed by atoms with Gasteiger partial charge in [0.05, 0.1) is 36.7 Å². The van der Waals surface area contributed by atoms with Gasteiger partial charge in [-0.1, -0.05) is 42.5 Å². The number of fused-ring (bicyclic) bond motifs is 5. The van der Waals surface area contributed by atoms with Crippen LogP contribution >= 0.6 is 0 Å². The lowest BCUT2D eigenvalue weighted by atomic mass is 9.85. The summed E-state index contributed by atoms with van der Waals surface area (Å²) in [6, 6.07) is 19.8. The first kappa shape index (κ1) is 24.6. The molecule has 2 aliphatic carbocycles. The molecule has 6 rings (SSSR count). The fourth-order valence-electron chi connectivity index (χ4n) is 6.30. The summed E-state index contributed by atoms with van der Waals surface area (Å²) in [7, 11) is 3.23. The average molecular weight is 523 g/mol. The van der Waals surface area contributed by atoms with Gasteiger partial charge in [-0.25, -0.2) is 4.90 Å². The number of carbonyl (C=O) groups is 2. The molecule has 1 heterocycles. The number of amides is 2. The lowest BCUT2D eigenvalue weighted by molar-refractivity contribution is -0.384. The fraction of sp³-hybridized carbons (Fsp3) is 0.226. The standard InChI is InChI=1S/C31H26N2O6/c1-17-4-9-20(33(36)37)16-25(17)32-30(34)28-23-14-15-24(29(28)31(32)35)27(23)26(18-5-10-21(38-2)11-6-18)19-7-12-22(39-3)13-8-19/h4-16,23-24,28-29H,1-3H3/t23-,24-,28+,29+/m1/s1. The maximum atomic E-state index is 13.9. The highest BCUT2D eigenvalue weighted by molar-refractivity contribution is 6.24. The molecule has 0 aromatic heterocycles. The van der Waals surface area contributed by atoms with Gasteiger partial charge in [-0.15, -0.1) is 0 Å². The number of nitro benzene ring substituents is 1. The first-order valence-corrected chi connectivity index (χ1v) is 12.7. The summed E-state index contributed by atoms with van der Waals surface area (Å²) in [5.74, 6) is -0.816. The molecule has 3 aliphatic rings. The molecule has 0 radical (unpaired) electrons. The van der Waals surface area contributed by atoms with Crippen LogP contribution in [-0.4, -0.2) is 31.0 Å². The molecule has 8 heteroatoms. The molecule has 0 unspecified atom stereocenters. The van der Waals surface area contributed by atoms with E-state index < -0.39 is 16.8 Å². The molecule has 2 fully saturated rings. The van der Waals surface area contributed by atoms with Gasteiger partial charge >= 0.3 is 0 Å². The van der Waals surface area contributed by atoms with Crippen molar-refractivity contribution in [2.45, 2.75) is 6.92 Å². The summed E-state index contributed by atoms with van der Waals surface area (Å²) in [6.07, 6.45) is 4.06. The lowest BCUT2D eigenvalue weighted by Crippen LogP contribution is -2.34. The van der Waals surface area contributed by atoms with Crippen molar-refractivity contribution >= 4 is 28.8 Å². The molecule has 3 aromatic rings. The average Bonchev–Trinajstić information content (AvgIpc) is 3.58. The van der Waals surface area contributed by atoms with Crippen molar-refractivity contribution in [3.63, 3.8) is 0 Å². The van der Waals surface area contributed by atoms with Crippen LogP contribution in [-0.2, 0) is 9.59 Å². The molecule has 2 bridgehead atoms. The molecule has 1 aliphatic heterocycles. The SMILES string of the molecule is COc1ccc(C(=C2[C@H]3C=C[C@H]2[C@@H]2C(=O)N(c4cc([N+](=O)[O-])ccc4C)C(=O)[C@H]23)c2ccc(OC)cc2)cc1. The van der Waals surface area contributed by atoms with Gasteiger partial charge in [0.15, 0.2) is 0 Å². The van der Waals surface area contributed by atoms with E-state index in [0.29, 0.717) is 5.56 Å². The van der Waals surface area contributed by atoms with E-state index in [1.54, 1.807) is 27.2 Å². The number of nitrogens with zero attached hydrogens (tertiary/aromatic N) is 2. The number of hydrogen-bond acceptors (Lipinski definition) is 6. The first-order valence-electron chi connectivity index (χ1n) is 12.7. The Bertz CT molecular complexity index is 1490. The molecule has 3 aromatic carbocycles. The molecule has 1 saturated carbocycles. The zero-order valence-corrected chi connectivity index (χ0v) is 21.7. The van der Waals surface area contributed by atoms with Crippen LogP contribution in [0.15, 0.2) is 84.5 Å². The van der Waals surface area contributed by atoms with Crippen LogP contribution in [0.5, 0.6) is 11.5 Å². The Balaban J connectivity index is 1.47. The minimum absolute atomic E-state index is 0.156. The predicted molar refractivity (Wildman–Crippen MR) is 145 cm³/mol. The number of imide groups is 1. The summed E-state index contributed by atoms with van der Waals surface area (Å²) in [6.45, 7) is 1.75. The third-order valence-corrected chi connectivity index (χ3v) is 8.11. The number of aryl methyl sites for hydroxylation is 1. The number of ether oxygens (including phenoxy) is 2. The van der Waals surface area contributed by atoms with Crippen LogP contribution in [0.3, 0.4) is 0 Å². The van der Waals surface area contributed by atoms with Crippen LogP contribution in [0.4, 0.5) is 11.4 Å². The van der Waals surface area contributed by atoms with Crippen molar-refractivity contribution in [1.82, 2.24) is 0 Å². The maximum Gasteiger partial charge on any atom is 0.271 e. The largest absolute Gasteiger partial charge is 0.497 e. The number of carbonyl (C=O) groups excluding carboxylic acids is 2. The second-order valence-electron chi connectivity index (χ2n) is 10.0. The summed E-state index contributed by atoms with van der Waals surface area (Å²) in [5.41, 5.74) is 4.70. The molecule has 0 N–H and O–H groups in total. The molecule has 0 spiro atoms. The van der Waals surface area contributed by atoms with Crippen molar-refractivity contribution < 1.29 is 24.0 Å². The Morgan fingerprint density at radius 3 is 1.72 bits per heavy atom. The minimum Gasteiger partial charge on any atom is -0.497 e. The Morgan fingerprint density at radius 2 is 1.28 bits per heavy atom. The Hall–Kier alpha value is -4.72. The number of anilines is 1. The van der Waals surface area contributed by atoms with Gasteiger partial charge in [0.1, 0.15) is 11.5 Å². The molecular formula is C31H26N2O6. The zero-order chi connectivity index (χ0) is 27.4. The summed E-state index contributed by atoms with van der Waals surface area (Å²) >= 11 is 0. The zero-order valence-electron chi connectivity index (χ0n) is 21.7. The van der Waals surface area contributed by atoms with Gasteiger partial charge in [-0.05, 0) is 59.0 Å². The quantitative estimate of drug-likeness (QED) is 0.187. The number of rotatable bonds is 6. The number of nitro groups is 1. The third-order valence-electron chi connectivity index (χ3n) is 8.11. The molecule has 196 valence electrons. The second kappa shape index (κ2) is 9.23. The van der Waals surface area contributed by atoms with E-state index in [-0.39, 0.29) is 35.0 Å². The summed E-state index contributed by atoms with van der Waals surface area (Å²) in [4.78, 5) is 39.8. The number of methoxy groups -OCH3 is 2. The first-order chi connectivity index (χ1) is 18.8. The van der Waals surface area contributed by atoms with E-state index in [2.05, 4.69) is 0 Å². The topological polar surface area (TPSA) is 99.0 Å². The molecular weight excluding hydrogens is 496 g/mol. The van der Waals surface area contributed by atoms with Crippen LogP contribution in [0.25, 0.3) is 5.57 Å². The molecule has 2 amide bonds. The van der Waals surface area contributed by atoms with E-state index in [1.165, 1.54) is 17.0 Å². The van der Waals surface area contributed by atoms with Crippen LogP contribution in [0.1, 0.15) is 16.7 Å². The van der Waals surface area contributed by atoms with E-state index in [1.807, 2.05) is 60.7 Å². The van der Waals surface area contributed by atoms with Gasteiger partial charge in [0, 0.05) is 24.0 Å². The van der Waals surface area contributed by atoms with E-state index in [4.69, 9.17) is 9.47 Å². The Morgan fingerprint density at radius 1 is 0.795 bits per heavy atom. The van der Waals surface area contributed by atoms with Gasteiger partial charge in [0.2, 0.25) is 11.8 Å². The van der Waals surface area contributed by atoms with Crippen molar-refractivity contribution in [1.29, 1.82) is 0 Å². The van der Waals surface area contributed by atoms with E-state index >= 15 is 0 Å². The fourth-order valence-corrected chi connectivity index (χ4v) is 6.30. The molecule has 8 nitrogen and oxygen atoms in total. The van der Waals surface area contributed by atoms with Crippen LogP contribution in [0, 0.1) is 40.7 Å². The minimum atomic E-state index is -0.562. The van der Waals surface area contributed by atoms with Gasteiger partial charge in [-0.3, -0.25) is 19.7 Å². The van der Waals surface area contributed by atoms with Gasteiger partial charge < -0.3 is 9.47 Å². The number of benzene rings is 3. The van der Waals surface area contributed by atoms with Crippen molar-refractivity contribution in [2.24, 2.45) is 23.7 Å². The number of allylic oxidation sites excluding steroid dienone is 3.